The number of carbonyl (C=O) groups is 2. The Kier molecular flexibility index (Phi) is 6.22. The third kappa shape index (κ3) is 4.23. The molecule has 0 saturated carbocycles. The Morgan fingerprint density at radius 1 is 1.22 bits per heavy atom. The number of nitrogens with zero attached hydrogens (tertiary/aromatic N) is 5. The van der Waals surface area contributed by atoms with Crippen molar-refractivity contribution < 1.29 is 14.3 Å². The van der Waals surface area contributed by atoms with Crippen molar-refractivity contribution in [2.45, 2.75) is 58.1 Å². The van der Waals surface area contributed by atoms with E-state index < -0.39 is 5.60 Å². The van der Waals surface area contributed by atoms with Crippen molar-refractivity contribution in [1.29, 1.82) is 0 Å². The summed E-state index contributed by atoms with van der Waals surface area (Å²) < 4.78 is 7.34. The van der Waals surface area contributed by atoms with Crippen molar-refractivity contribution >= 4 is 17.5 Å². The smallest absolute Gasteiger partial charge is 0.254 e. The van der Waals surface area contributed by atoms with Crippen LogP contribution >= 0.6 is 0 Å². The molecule has 2 N–H and O–H groups in total. The third-order valence-electron chi connectivity index (χ3n) is 7.13. The van der Waals surface area contributed by atoms with Crippen molar-refractivity contribution in [1.82, 2.24) is 24.4 Å². The second kappa shape index (κ2) is 8.78. The van der Waals surface area contributed by atoms with Crippen LogP contribution in [-0.2, 0) is 20.9 Å². The van der Waals surface area contributed by atoms with Crippen LogP contribution in [0.5, 0.6) is 0 Å². The van der Waals surface area contributed by atoms with Gasteiger partial charge in [0.2, 0.25) is 5.91 Å². The summed E-state index contributed by atoms with van der Waals surface area (Å²) in [4.78, 5) is 33.2. The zero-order chi connectivity index (χ0) is 23.0. The third-order valence-corrected chi connectivity index (χ3v) is 7.13. The van der Waals surface area contributed by atoms with Gasteiger partial charge in [-0.25, -0.2) is 9.50 Å². The van der Waals surface area contributed by atoms with Gasteiger partial charge < -0.3 is 15.4 Å². The fourth-order valence-electron chi connectivity index (χ4n) is 4.86. The highest BCUT2D eigenvalue weighted by Gasteiger charge is 2.37. The maximum absolute atomic E-state index is 12.8. The minimum atomic E-state index is -0.820. The molecule has 32 heavy (non-hydrogen) atoms. The molecule has 0 bridgehead atoms. The predicted octanol–water partition coefficient (Wildman–Crippen LogP) is 1.48. The molecule has 1 atom stereocenters. The highest BCUT2D eigenvalue weighted by molar-refractivity contribution is 5.84. The Hall–Kier alpha value is -2.52. The van der Waals surface area contributed by atoms with E-state index >= 15 is 0 Å². The maximum atomic E-state index is 12.8. The lowest BCUT2D eigenvalue weighted by Crippen LogP contribution is -2.45. The Balaban J connectivity index is 1.52. The van der Waals surface area contributed by atoms with E-state index in [0.717, 1.165) is 61.5 Å². The summed E-state index contributed by atoms with van der Waals surface area (Å²) in [6.07, 6.45) is 4.34. The summed E-state index contributed by atoms with van der Waals surface area (Å²) in [5.41, 5.74) is 8.70. The molecule has 9 nitrogen and oxygen atoms in total. The fraction of sp³-hybridized carbons (Fsp3) is 0.652. The number of fused-ring (bicyclic) bond motifs is 1. The highest BCUT2D eigenvalue weighted by Crippen LogP contribution is 2.30. The number of nitrogens with two attached hydrogens (primary N) is 1. The van der Waals surface area contributed by atoms with E-state index in [0.29, 0.717) is 13.1 Å². The molecule has 4 heterocycles. The van der Waals surface area contributed by atoms with Crippen LogP contribution in [0, 0.1) is 12.8 Å². The first-order chi connectivity index (χ1) is 15.2. The first-order valence-corrected chi connectivity index (χ1v) is 11.4. The number of aryl methyl sites for hydroxylation is 1. The van der Waals surface area contributed by atoms with Gasteiger partial charge in [0, 0.05) is 50.3 Å². The molecule has 1 unspecified atom stereocenters. The summed E-state index contributed by atoms with van der Waals surface area (Å²) in [7, 11) is 1.57. The molecule has 2 fully saturated rings. The van der Waals surface area contributed by atoms with E-state index in [9.17, 15) is 9.59 Å². The summed E-state index contributed by atoms with van der Waals surface area (Å²) in [6, 6.07) is 2.02. The average molecular weight is 443 g/mol. The number of primary amides is 1. The lowest BCUT2D eigenvalue weighted by Gasteiger charge is -2.30. The second-order valence-corrected chi connectivity index (χ2v) is 9.57. The lowest BCUT2D eigenvalue weighted by atomic mass is 9.96. The number of piperidine rings is 1. The molecule has 174 valence electrons. The Morgan fingerprint density at radius 3 is 2.59 bits per heavy atom. The van der Waals surface area contributed by atoms with Gasteiger partial charge in [0.05, 0.1) is 11.4 Å². The minimum absolute atomic E-state index is 0.0166. The van der Waals surface area contributed by atoms with Crippen LogP contribution in [-0.4, -0.2) is 75.1 Å². The van der Waals surface area contributed by atoms with Crippen molar-refractivity contribution in [3.05, 3.63) is 29.2 Å². The van der Waals surface area contributed by atoms with Gasteiger partial charge in [0.15, 0.2) is 5.65 Å². The Bertz CT molecular complexity index is 1010. The molecular weight excluding hydrogens is 408 g/mol. The molecule has 0 aliphatic carbocycles. The number of likely N-dealkylation sites (tertiary alicyclic amines) is 2. The largest absolute Gasteiger partial charge is 0.369 e. The van der Waals surface area contributed by atoms with Crippen molar-refractivity contribution in [3.63, 3.8) is 0 Å². The first-order valence-electron chi connectivity index (χ1n) is 11.4. The number of carbonyl (C=O) groups excluding carboxylic acids is 2. The molecule has 2 aromatic heterocycles. The molecule has 4 rings (SSSR count). The minimum Gasteiger partial charge on any atom is -0.369 e. The summed E-state index contributed by atoms with van der Waals surface area (Å²) >= 11 is 0. The van der Waals surface area contributed by atoms with E-state index in [4.69, 9.17) is 15.6 Å². The van der Waals surface area contributed by atoms with Gasteiger partial charge >= 0.3 is 0 Å². The van der Waals surface area contributed by atoms with Gasteiger partial charge in [0.1, 0.15) is 5.60 Å². The molecule has 2 amide bonds. The molecule has 0 aromatic carbocycles. The van der Waals surface area contributed by atoms with E-state index in [1.165, 1.54) is 0 Å². The number of hydrogen-bond donors (Lipinski definition) is 1. The van der Waals surface area contributed by atoms with Crippen LogP contribution in [0.2, 0.25) is 0 Å². The molecule has 2 aliphatic rings. The average Bonchev–Trinajstić information content (AvgIpc) is 3.38. The molecule has 0 radical (unpaired) electrons. The normalized spacial score (nSPS) is 20.9. The first kappa shape index (κ1) is 22.7. The second-order valence-electron chi connectivity index (χ2n) is 9.57. The molecular formula is C23H34N6O3. The van der Waals surface area contributed by atoms with Gasteiger partial charge in [-0.2, -0.15) is 5.10 Å². The van der Waals surface area contributed by atoms with Gasteiger partial charge in [-0.1, -0.05) is 0 Å². The van der Waals surface area contributed by atoms with E-state index in [1.54, 1.807) is 7.11 Å². The zero-order valence-electron chi connectivity index (χ0n) is 19.5. The van der Waals surface area contributed by atoms with Crippen LogP contribution in [0.4, 0.5) is 0 Å². The number of methoxy groups -OCH3 is 1. The van der Waals surface area contributed by atoms with Crippen molar-refractivity contribution in [2.75, 3.05) is 33.3 Å². The predicted molar refractivity (Wildman–Crippen MR) is 120 cm³/mol. The number of rotatable bonds is 6. The van der Waals surface area contributed by atoms with Crippen LogP contribution in [0.25, 0.3) is 5.65 Å². The SMILES string of the molecule is COC(C)(C)C(=O)N1CCC(c2ccnc3c(CN4CCC(C(N)=O)CC4)c(C)nn23)C1. The molecule has 2 aromatic rings. The topological polar surface area (TPSA) is 106 Å². The monoisotopic (exact) mass is 442 g/mol. The van der Waals surface area contributed by atoms with Gasteiger partial charge in [-0.05, 0) is 59.2 Å². The van der Waals surface area contributed by atoms with E-state index in [-0.39, 0.29) is 23.7 Å². The van der Waals surface area contributed by atoms with Crippen LogP contribution < -0.4 is 5.73 Å². The number of aromatic nitrogens is 3. The lowest BCUT2D eigenvalue weighted by molar-refractivity contribution is -0.149. The Labute approximate surface area is 188 Å². The summed E-state index contributed by atoms with van der Waals surface area (Å²) in [5.74, 6) is 0.0123. The number of amides is 2. The zero-order valence-corrected chi connectivity index (χ0v) is 19.5. The van der Waals surface area contributed by atoms with Crippen LogP contribution in [0.15, 0.2) is 12.3 Å². The summed E-state index contributed by atoms with van der Waals surface area (Å²) in [6.45, 7) is 9.45. The van der Waals surface area contributed by atoms with Crippen molar-refractivity contribution in [2.24, 2.45) is 11.7 Å². The van der Waals surface area contributed by atoms with Gasteiger partial charge in [0.25, 0.3) is 5.91 Å². The fourth-order valence-corrected chi connectivity index (χ4v) is 4.86. The van der Waals surface area contributed by atoms with Gasteiger partial charge in [-0.3, -0.25) is 14.5 Å². The van der Waals surface area contributed by atoms with Crippen LogP contribution in [0.3, 0.4) is 0 Å². The standard InChI is InChI=1S/C23H34N6O3/c1-15-18(14-27-10-6-16(7-11-27)20(24)30)21-25-9-5-19(29(21)26-15)17-8-12-28(13-17)22(31)23(2,3)32-4/h5,9,16-17H,6-8,10-14H2,1-4H3,(H2,24,30). The molecule has 2 aliphatic heterocycles. The van der Waals surface area contributed by atoms with Crippen molar-refractivity contribution in [3.8, 4) is 0 Å². The molecule has 2 saturated heterocycles. The summed E-state index contributed by atoms with van der Waals surface area (Å²) in [5, 5.41) is 4.83. The van der Waals surface area contributed by atoms with E-state index in [2.05, 4.69) is 9.88 Å². The van der Waals surface area contributed by atoms with Crippen LogP contribution in [0.1, 0.15) is 56.0 Å². The maximum Gasteiger partial charge on any atom is 0.254 e. The highest BCUT2D eigenvalue weighted by atomic mass is 16.5. The van der Waals surface area contributed by atoms with E-state index in [1.807, 2.05) is 42.4 Å². The molecule has 9 heteroatoms. The molecule has 0 spiro atoms. The quantitative estimate of drug-likeness (QED) is 0.726. The number of ether oxygens (including phenoxy) is 1. The number of hydrogen-bond acceptors (Lipinski definition) is 6. The van der Waals surface area contributed by atoms with Gasteiger partial charge in [-0.15, -0.1) is 0 Å². The Morgan fingerprint density at radius 2 is 1.94 bits per heavy atom.